The molecule has 3 rings (SSSR count). The average molecular weight is 515 g/mol. The van der Waals surface area contributed by atoms with Crippen molar-refractivity contribution in [2.45, 2.75) is 32.6 Å². The summed E-state index contributed by atoms with van der Waals surface area (Å²) in [4.78, 5) is 40.6. The van der Waals surface area contributed by atoms with Crippen LogP contribution in [0.5, 0.6) is 11.5 Å². The van der Waals surface area contributed by atoms with Crippen molar-refractivity contribution in [2.75, 3.05) is 19.8 Å². The number of nitrogens with one attached hydrogen (secondary N) is 1. The van der Waals surface area contributed by atoms with Gasteiger partial charge < -0.3 is 30.8 Å². The van der Waals surface area contributed by atoms with E-state index < -0.39 is 5.97 Å². The summed E-state index contributed by atoms with van der Waals surface area (Å²) in [5.41, 5.74) is 1.03. The van der Waals surface area contributed by atoms with E-state index in [2.05, 4.69) is 10.3 Å². The number of carbonyl (C=O) groups is 3. The lowest BCUT2D eigenvalue weighted by Gasteiger charge is -2.14. The third kappa shape index (κ3) is 9.86. The molecule has 2 heterocycles. The van der Waals surface area contributed by atoms with Crippen molar-refractivity contribution < 1.29 is 39.9 Å². The second-order valence-corrected chi connectivity index (χ2v) is 8.30. The van der Waals surface area contributed by atoms with E-state index >= 15 is 0 Å². The highest BCUT2D eigenvalue weighted by atomic mass is 16.5. The number of ether oxygens (including phenoxy) is 2. The topological polar surface area (TPSA) is 178 Å². The maximum atomic E-state index is 12.7. The van der Waals surface area contributed by atoms with E-state index in [9.17, 15) is 19.5 Å². The molecule has 1 aliphatic rings. The van der Waals surface area contributed by atoms with Gasteiger partial charge in [-0.3, -0.25) is 14.6 Å². The second kappa shape index (κ2) is 15.9. The number of benzene rings is 1. The lowest BCUT2D eigenvalue weighted by atomic mass is 10.0. The minimum absolute atomic E-state index is 0. The molecule has 6 N–H and O–H groups in total. The number of allylic oxidation sites excluding steroid dienone is 2. The van der Waals surface area contributed by atoms with Gasteiger partial charge in [-0.1, -0.05) is 25.2 Å². The second-order valence-electron chi connectivity index (χ2n) is 8.30. The predicted molar refractivity (Wildman–Crippen MR) is 138 cm³/mol. The fourth-order valence-electron chi connectivity index (χ4n) is 3.42. The van der Waals surface area contributed by atoms with Gasteiger partial charge in [0.25, 0.3) is 5.91 Å². The first-order valence-electron chi connectivity index (χ1n) is 11.7. The molecule has 0 bridgehead atoms. The molecule has 0 aliphatic carbocycles. The van der Waals surface area contributed by atoms with Crippen molar-refractivity contribution in [2.24, 2.45) is 5.92 Å². The number of hydrogen-bond donors (Lipinski definition) is 2. The average Bonchev–Trinajstić information content (AvgIpc) is 2.85. The van der Waals surface area contributed by atoms with Crippen LogP contribution in [0.25, 0.3) is 6.08 Å². The number of carbonyl (C=O) groups excluding carboxylic acids is 3. The molecule has 1 aliphatic heterocycles. The zero-order valence-corrected chi connectivity index (χ0v) is 20.7. The number of amides is 1. The number of cyclic esters (lactones) is 1. The Bertz CT molecular complexity index is 1100. The largest absolute Gasteiger partial charge is 0.507 e. The molecule has 10 nitrogen and oxygen atoms in total. The number of aromatic hydroxyl groups is 1. The highest BCUT2D eigenvalue weighted by molar-refractivity contribution is 5.97. The van der Waals surface area contributed by atoms with Crippen LogP contribution in [0.2, 0.25) is 0 Å². The van der Waals surface area contributed by atoms with Crippen molar-refractivity contribution in [1.29, 1.82) is 0 Å². The van der Waals surface area contributed by atoms with Gasteiger partial charge in [-0.05, 0) is 49.1 Å². The molecule has 0 saturated heterocycles. The van der Waals surface area contributed by atoms with Crippen LogP contribution in [0.3, 0.4) is 0 Å². The highest BCUT2D eigenvalue weighted by Gasteiger charge is 2.19. The van der Waals surface area contributed by atoms with Gasteiger partial charge in [0.05, 0.1) is 18.8 Å². The zero-order valence-electron chi connectivity index (χ0n) is 20.7. The SMILES string of the molecule is C[C@@H]1/C=C\C(=O)CCC/C=C/c2cc(OCCCNC(=O)c3cccnc3)cc(O)c2C(=O)OC1.O.O. The van der Waals surface area contributed by atoms with Crippen LogP contribution in [0.15, 0.2) is 54.9 Å². The summed E-state index contributed by atoms with van der Waals surface area (Å²) < 4.78 is 11.1. The predicted octanol–water partition coefficient (Wildman–Crippen LogP) is 2.45. The van der Waals surface area contributed by atoms with Crippen molar-refractivity contribution in [3.05, 3.63) is 71.6 Å². The highest BCUT2D eigenvalue weighted by Crippen LogP contribution is 2.30. The molecule has 0 unspecified atom stereocenters. The lowest BCUT2D eigenvalue weighted by molar-refractivity contribution is -0.114. The Labute approximate surface area is 215 Å². The molecule has 0 fully saturated rings. The molecular weight excluding hydrogens is 480 g/mol. The Hall–Kier alpha value is -4.02. The number of aromatic nitrogens is 1. The van der Waals surface area contributed by atoms with Gasteiger partial charge in [0.1, 0.15) is 17.1 Å². The minimum Gasteiger partial charge on any atom is -0.507 e. The van der Waals surface area contributed by atoms with Crippen LogP contribution in [0, 0.1) is 5.92 Å². The molecule has 0 spiro atoms. The van der Waals surface area contributed by atoms with Crippen LogP contribution in [0.4, 0.5) is 0 Å². The Balaban J connectivity index is 0.00000342. The summed E-state index contributed by atoms with van der Waals surface area (Å²) in [5.74, 6) is -0.785. The fraction of sp³-hybridized carbons (Fsp3) is 0.333. The number of hydrogen-bond acceptors (Lipinski definition) is 7. The fourth-order valence-corrected chi connectivity index (χ4v) is 3.42. The molecule has 1 atom stereocenters. The number of rotatable bonds is 6. The first-order chi connectivity index (χ1) is 16.9. The number of pyridine rings is 1. The molecule has 1 aromatic carbocycles. The van der Waals surface area contributed by atoms with Crippen LogP contribution in [0.1, 0.15) is 58.9 Å². The standard InChI is InChI=1S/C27H30N2O6.2H2O/c1-19-10-11-22(30)9-4-2-3-7-20-15-23(16-24(31)25(20)27(33)35-18-19)34-14-6-13-29-26(32)21-8-5-12-28-17-21;;/h3,5,7-8,10-12,15-17,19,31H,2,4,6,9,13-14,18H2,1H3,(H,29,32);2*1H2/b7-3+,11-10-;;/t19-;;/m1../s1. The Kier molecular flexibility index (Phi) is 13.3. The molecule has 200 valence electrons. The minimum atomic E-state index is -0.643. The van der Waals surface area contributed by atoms with E-state index in [4.69, 9.17) is 9.47 Å². The maximum absolute atomic E-state index is 12.7. The Morgan fingerprint density at radius 2 is 2.05 bits per heavy atom. The summed E-state index contributed by atoms with van der Waals surface area (Å²) in [6, 6.07) is 6.43. The molecule has 1 amide bonds. The van der Waals surface area contributed by atoms with Crippen LogP contribution in [-0.2, 0) is 9.53 Å². The van der Waals surface area contributed by atoms with Crippen LogP contribution < -0.4 is 10.1 Å². The van der Waals surface area contributed by atoms with E-state index in [1.807, 2.05) is 13.0 Å². The van der Waals surface area contributed by atoms with Crippen LogP contribution >= 0.6 is 0 Å². The number of nitrogens with zero attached hydrogens (tertiary/aromatic N) is 1. The monoisotopic (exact) mass is 514 g/mol. The quantitative estimate of drug-likeness (QED) is 0.439. The van der Waals surface area contributed by atoms with Crippen molar-refractivity contribution in [3.63, 3.8) is 0 Å². The summed E-state index contributed by atoms with van der Waals surface area (Å²) in [6.07, 6.45) is 12.3. The van der Waals surface area contributed by atoms with Gasteiger partial charge >= 0.3 is 5.97 Å². The summed E-state index contributed by atoms with van der Waals surface area (Å²) >= 11 is 0. The van der Waals surface area contributed by atoms with E-state index in [0.717, 1.165) is 0 Å². The van der Waals surface area contributed by atoms with E-state index in [0.29, 0.717) is 55.7 Å². The van der Waals surface area contributed by atoms with Crippen LogP contribution in [-0.4, -0.2) is 58.5 Å². The van der Waals surface area contributed by atoms with E-state index in [1.165, 1.54) is 18.3 Å². The van der Waals surface area contributed by atoms with Crippen molar-refractivity contribution in [1.82, 2.24) is 10.3 Å². The first-order valence-corrected chi connectivity index (χ1v) is 11.7. The third-order valence-electron chi connectivity index (χ3n) is 5.30. The maximum Gasteiger partial charge on any atom is 0.342 e. The van der Waals surface area contributed by atoms with Gasteiger partial charge in [0.2, 0.25) is 0 Å². The Morgan fingerprint density at radius 3 is 2.81 bits per heavy atom. The van der Waals surface area contributed by atoms with Crippen molar-refractivity contribution >= 4 is 23.7 Å². The van der Waals surface area contributed by atoms with Gasteiger partial charge in [0, 0.05) is 37.3 Å². The first kappa shape index (κ1) is 31.0. The molecule has 37 heavy (non-hydrogen) atoms. The lowest BCUT2D eigenvalue weighted by Crippen LogP contribution is -2.25. The number of phenolic OH excluding ortho intramolecular Hbond substituents is 1. The molecule has 1 aromatic heterocycles. The smallest absolute Gasteiger partial charge is 0.342 e. The molecule has 10 heteroatoms. The van der Waals surface area contributed by atoms with Crippen molar-refractivity contribution in [3.8, 4) is 11.5 Å². The van der Waals surface area contributed by atoms with Gasteiger partial charge in [-0.15, -0.1) is 0 Å². The zero-order chi connectivity index (χ0) is 25.0. The number of esters is 1. The third-order valence-corrected chi connectivity index (χ3v) is 5.30. The van der Waals surface area contributed by atoms with E-state index in [-0.39, 0.29) is 46.5 Å². The van der Waals surface area contributed by atoms with E-state index in [1.54, 1.807) is 36.5 Å². The normalized spacial score (nSPS) is 17.5. The molecular formula is C27H34N2O8. The summed E-state index contributed by atoms with van der Waals surface area (Å²) in [7, 11) is 0. The van der Waals surface area contributed by atoms with Gasteiger partial charge in [-0.2, -0.15) is 0 Å². The Morgan fingerprint density at radius 1 is 1.24 bits per heavy atom. The molecule has 2 aromatic rings. The van der Waals surface area contributed by atoms with Gasteiger partial charge in [0.15, 0.2) is 5.78 Å². The molecule has 0 saturated carbocycles. The number of ketones is 1. The molecule has 0 radical (unpaired) electrons. The summed E-state index contributed by atoms with van der Waals surface area (Å²) in [5, 5.41) is 13.4. The summed E-state index contributed by atoms with van der Waals surface area (Å²) in [6.45, 7) is 2.64. The number of fused-ring (bicyclic) bond motifs is 1. The van der Waals surface area contributed by atoms with Gasteiger partial charge in [-0.25, -0.2) is 4.79 Å². The number of phenols is 1.